The molecule has 0 spiro atoms. The van der Waals surface area contributed by atoms with Crippen LogP contribution in [-0.2, 0) is 14.6 Å². The Kier molecular flexibility index (Phi) is 5.81. The summed E-state index contributed by atoms with van der Waals surface area (Å²) in [6, 6.07) is 15.3. The first-order valence-electron chi connectivity index (χ1n) is 7.75. The fourth-order valence-corrected chi connectivity index (χ4v) is 3.68. The van der Waals surface area contributed by atoms with Crippen molar-refractivity contribution in [1.82, 2.24) is 5.48 Å². The van der Waals surface area contributed by atoms with E-state index < -0.39 is 21.2 Å². The maximum atomic E-state index is 12.4. The van der Waals surface area contributed by atoms with Crippen molar-refractivity contribution in [1.29, 1.82) is 0 Å². The van der Waals surface area contributed by atoms with E-state index in [1.165, 1.54) is 12.1 Å². The van der Waals surface area contributed by atoms with E-state index in [1.807, 2.05) is 18.2 Å². The lowest BCUT2D eigenvalue weighted by molar-refractivity contribution is -0.138. The van der Waals surface area contributed by atoms with E-state index in [4.69, 9.17) is 9.94 Å². The number of ether oxygens (including phenoxy) is 1. The van der Waals surface area contributed by atoms with Gasteiger partial charge in [0.1, 0.15) is 11.5 Å². The molecule has 2 aromatic carbocycles. The number of hydrogen-bond acceptors (Lipinski definition) is 5. The number of carbonyl (C=O) groups is 1. The first kappa shape index (κ1) is 19.0. The number of nitrogens with one attached hydrogen (secondary N) is 1. The number of amides is 1. The van der Waals surface area contributed by atoms with Gasteiger partial charge in [-0.1, -0.05) is 32.0 Å². The van der Waals surface area contributed by atoms with Gasteiger partial charge >= 0.3 is 0 Å². The summed E-state index contributed by atoms with van der Waals surface area (Å²) >= 11 is 0. The highest BCUT2D eigenvalue weighted by Gasteiger charge is 2.29. The summed E-state index contributed by atoms with van der Waals surface area (Å²) in [4.78, 5) is 11.7. The third kappa shape index (κ3) is 5.04. The molecule has 0 fully saturated rings. The summed E-state index contributed by atoms with van der Waals surface area (Å²) in [6.45, 7) is 3.15. The summed E-state index contributed by atoms with van der Waals surface area (Å²) in [5, 5.41) is 8.71. The molecule has 2 N–H and O–H groups in total. The highest BCUT2D eigenvalue weighted by atomic mass is 32.2. The lowest BCUT2D eigenvalue weighted by atomic mass is 9.89. The second-order valence-electron chi connectivity index (χ2n) is 6.28. The molecule has 0 saturated heterocycles. The third-order valence-corrected chi connectivity index (χ3v) is 5.61. The smallest absolute Gasteiger partial charge is 0.249 e. The minimum absolute atomic E-state index is 0.0873. The van der Waals surface area contributed by atoms with Gasteiger partial charge in [-0.2, -0.15) is 0 Å². The molecule has 25 heavy (non-hydrogen) atoms. The maximum Gasteiger partial charge on any atom is 0.249 e. The quantitative estimate of drug-likeness (QED) is 0.582. The lowest BCUT2D eigenvalue weighted by Crippen LogP contribution is -2.36. The van der Waals surface area contributed by atoms with Crippen LogP contribution in [0, 0.1) is 5.41 Å². The molecule has 0 aliphatic heterocycles. The van der Waals surface area contributed by atoms with Crippen LogP contribution in [0.3, 0.4) is 0 Å². The van der Waals surface area contributed by atoms with Gasteiger partial charge in [-0.3, -0.25) is 10.0 Å². The largest absolute Gasteiger partial charge is 0.457 e. The van der Waals surface area contributed by atoms with Crippen LogP contribution < -0.4 is 10.2 Å². The van der Waals surface area contributed by atoms with Crippen LogP contribution in [0.1, 0.15) is 20.3 Å². The highest BCUT2D eigenvalue weighted by Crippen LogP contribution is 2.26. The average molecular weight is 363 g/mol. The Morgan fingerprint density at radius 1 is 1.04 bits per heavy atom. The van der Waals surface area contributed by atoms with Gasteiger partial charge in [0.15, 0.2) is 9.84 Å². The number of rotatable bonds is 7. The minimum Gasteiger partial charge on any atom is -0.457 e. The van der Waals surface area contributed by atoms with E-state index in [1.54, 1.807) is 43.6 Å². The summed E-state index contributed by atoms with van der Waals surface area (Å²) in [7, 11) is -3.54. The van der Waals surface area contributed by atoms with E-state index in [9.17, 15) is 13.2 Å². The molecular formula is C18H21NO5S. The molecule has 7 heteroatoms. The van der Waals surface area contributed by atoms with Crippen molar-refractivity contribution in [3.63, 3.8) is 0 Å². The summed E-state index contributed by atoms with van der Waals surface area (Å²) in [5.41, 5.74) is 0.574. The van der Waals surface area contributed by atoms with Crippen molar-refractivity contribution in [3.8, 4) is 11.5 Å². The molecule has 0 aliphatic rings. The molecule has 0 bridgehead atoms. The molecule has 0 unspecified atom stereocenters. The van der Waals surface area contributed by atoms with Gasteiger partial charge < -0.3 is 4.74 Å². The van der Waals surface area contributed by atoms with E-state index in [2.05, 4.69) is 0 Å². The van der Waals surface area contributed by atoms with E-state index in [0.717, 1.165) is 0 Å². The minimum atomic E-state index is -3.54. The number of benzene rings is 2. The molecule has 2 rings (SSSR count). The number of sulfone groups is 1. The molecule has 0 atom stereocenters. The summed E-state index contributed by atoms with van der Waals surface area (Å²) < 4.78 is 30.5. The zero-order chi connectivity index (χ0) is 18.5. The Labute approximate surface area is 147 Å². The fourth-order valence-electron chi connectivity index (χ4n) is 2.11. The van der Waals surface area contributed by atoms with Gasteiger partial charge in [0.2, 0.25) is 5.91 Å². The Morgan fingerprint density at radius 3 is 2.16 bits per heavy atom. The van der Waals surface area contributed by atoms with Gasteiger partial charge in [0, 0.05) is 5.41 Å². The van der Waals surface area contributed by atoms with Crippen LogP contribution in [0.5, 0.6) is 11.5 Å². The number of hydroxylamine groups is 1. The van der Waals surface area contributed by atoms with Gasteiger partial charge in [0.25, 0.3) is 0 Å². The van der Waals surface area contributed by atoms with Crippen molar-refractivity contribution in [2.45, 2.75) is 25.2 Å². The normalized spacial score (nSPS) is 11.8. The second-order valence-corrected chi connectivity index (χ2v) is 8.39. The number of para-hydroxylation sites is 1. The van der Waals surface area contributed by atoms with Crippen LogP contribution in [0.15, 0.2) is 59.5 Å². The summed E-state index contributed by atoms with van der Waals surface area (Å²) in [5.74, 6) is 0.376. The van der Waals surface area contributed by atoms with Crippen molar-refractivity contribution >= 4 is 15.7 Å². The van der Waals surface area contributed by atoms with E-state index in [-0.39, 0.29) is 17.1 Å². The van der Waals surface area contributed by atoms with Crippen molar-refractivity contribution < 1.29 is 23.2 Å². The molecule has 0 saturated carbocycles. The van der Waals surface area contributed by atoms with Gasteiger partial charge in [-0.05, 0) is 42.8 Å². The predicted molar refractivity (Wildman–Crippen MR) is 93.3 cm³/mol. The molecule has 0 aliphatic carbocycles. The average Bonchev–Trinajstić information content (AvgIpc) is 2.61. The van der Waals surface area contributed by atoms with Gasteiger partial charge in [-0.15, -0.1) is 0 Å². The van der Waals surface area contributed by atoms with Crippen LogP contribution in [-0.4, -0.2) is 25.3 Å². The van der Waals surface area contributed by atoms with Gasteiger partial charge in [0.05, 0.1) is 10.6 Å². The van der Waals surface area contributed by atoms with Crippen molar-refractivity contribution in [2.24, 2.45) is 5.41 Å². The SMILES string of the molecule is CC(C)(CCS(=O)(=O)c1ccc(Oc2ccccc2)cc1)C(=O)NO. The van der Waals surface area contributed by atoms with E-state index in [0.29, 0.717) is 11.5 Å². The Morgan fingerprint density at radius 2 is 1.60 bits per heavy atom. The van der Waals surface area contributed by atoms with Crippen molar-refractivity contribution in [2.75, 3.05) is 5.75 Å². The topological polar surface area (TPSA) is 92.7 Å². The monoisotopic (exact) mass is 363 g/mol. The number of hydrogen-bond donors (Lipinski definition) is 2. The fraction of sp³-hybridized carbons (Fsp3) is 0.278. The van der Waals surface area contributed by atoms with Crippen molar-refractivity contribution in [3.05, 3.63) is 54.6 Å². The van der Waals surface area contributed by atoms with Crippen LogP contribution in [0.2, 0.25) is 0 Å². The van der Waals surface area contributed by atoms with Crippen LogP contribution in [0.25, 0.3) is 0 Å². The molecule has 0 aromatic heterocycles. The molecule has 6 nitrogen and oxygen atoms in total. The lowest BCUT2D eigenvalue weighted by Gasteiger charge is -2.21. The first-order valence-corrected chi connectivity index (χ1v) is 9.40. The third-order valence-electron chi connectivity index (χ3n) is 3.87. The molecular weight excluding hydrogens is 342 g/mol. The predicted octanol–water partition coefficient (Wildman–Crippen LogP) is 3.17. The Bertz CT molecular complexity index is 814. The second kappa shape index (κ2) is 7.67. The molecule has 2 aromatic rings. The molecule has 0 radical (unpaired) electrons. The first-order chi connectivity index (χ1) is 11.7. The molecule has 0 heterocycles. The summed E-state index contributed by atoms with van der Waals surface area (Å²) in [6.07, 6.45) is 0.0873. The van der Waals surface area contributed by atoms with Crippen LogP contribution in [0.4, 0.5) is 0 Å². The number of carbonyl (C=O) groups excluding carboxylic acids is 1. The Balaban J connectivity index is 2.06. The highest BCUT2D eigenvalue weighted by molar-refractivity contribution is 7.91. The maximum absolute atomic E-state index is 12.4. The molecule has 1 amide bonds. The molecule has 134 valence electrons. The van der Waals surface area contributed by atoms with Crippen LogP contribution >= 0.6 is 0 Å². The standard InChI is InChI=1S/C18H21NO5S/c1-18(2,17(20)19-21)12-13-25(22,23)16-10-8-15(9-11-16)24-14-6-4-3-5-7-14/h3-11,21H,12-13H2,1-2H3,(H,19,20). The zero-order valence-corrected chi connectivity index (χ0v) is 14.9. The zero-order valence-electron chi connectivity index (χ0n) is 14.1. The van der Waals surface area contributed by atoms with Gasteiger partial charge in [-0.25, -0.2) is 13.9 Å². The van der Waals surface area contributed by atoms with E-state index >= 15 is 0 Å². The Hall–Kier alpha value is -2.38.